The van der Waals surface area contributed by atoms with Gasteiger partial charge >= 0.3 is 0 Å². The van der Waals surface area contributed by atoms with Crippen molar-refractivity contribution in [3.05, 3.63) is 51.4 Å². The summed E-state index contributed by atoms with van der Waals surface area (Å²) < 4.78 is 0. The van der Waals surface area contributed by atoms with Gasteiger partial charge in [-0.25, -0.2) is 4.98 Å². The molecule has 0 saturated heterocycles. The van der Waals surface area contributed by atoms with Gasteiger partial charge in [-0.15, -0.1) is 11.3 Å². The number of aromatic nitrogens is 1. The monoisotopic (exact) mass is 292 g/mol. The lowest BCUT2D eigenvalue weighted by molar-refractivity contribution is 0.0900. The molecule has 19 heavy (non-hydrogen) atoms. The van der Waals surface area contributed by atoms with E-state index in [4.69, 9.17) is 11.6 Å². The molecule has 1 aliphatic carbocycles. The number of thiazole rings is 1. The fourth-order valence-electron chi connectivity index (χ4n) is 2.35. The number of nitrogens with zero attached hydrogens (tertiary/aromatic N) is 1. The number of halogens is 1. The smallest absolute Gasteiger partial charge is 0.270 e. The van der Waals surface area contributed by atoms with E-state index in [0.29, 0.717) is 11.6 Å². The summed E-state index contributed by atoms with van der Waals surface area (Å²) in [6.45, 7) is 0. The average molecular weight is 293 g/mol. The lowest BCUT2D eigenvalue weighted by Crippen LogP contribution is -2.45. The number of hydrogen-bond acceptors (Lipinski definition) is 3. The molecule has 1 heterocycles. The lowest BCUT2D eigenvalue weighted by Gasteiger charge is -2.37. The molecule has 0 bridgehead atoms. The minimum Gasteiger partial charge on any atom is -0.347 e. The predicted octanol–water partition coefficient (Wildman–Crippen LogP) is 3.47. The fourth-order valence-corrected chi connectivity index (χ4v) is 3.01. The molecule has 1 fully saturated rings. The van der Waals surface area contributed by atoms with E-state index in [1.807, 2.05) is 24.3 Å². The third kappa shape index (κ3) is 2.65. The Labute approximate surface area is 120 Å². The maximum absolute atomic E-state index is 12.0. The fraction of sp³-hybridized carbons (Fsp3) is 0.286. The van der Waals surface area contributed by atoms with E-state index in [-0.39, 0.29) is 11.9 Å². The van der Waals surface area contributed by atoms with Gasteiger partial charge in [0.25, 0.3) is 5.91 Å². The summed E-state index contributed by atoms with van der Waals surface area (Å²) in [6, 6.07) is 8.07. The summed E-state index contributed by atoms with van der Waals surface area (Å²) in [6.07, 6.45) is 2.12. The second-order valence-electron chi connectivity index (χ2n) is 4.69. The van der Waals surface area contributed by atoms with E-state index < -0.39 is 0 Å². The van der Waals surface area contributed by atoms with Gasteiger partial charge in [0.1, 0.15) is 5.69 Å². The molecular formula is C14H13ClN2OS. The van der Waals surface area contributed by atoms with Crippen molar-refractivity contribution in [3.8, 4) is 0 Å². The van der Waals surface area contributed by atoms with Gasteiger partial charge < -0.3 is 5.32 Å². The van der Waals surface area contributed by atoms with E-state index in [1.54, 1.807) is 10.9 Å². The molecule has 5 heteroatoms. The lowest BCUT2D eigenvalue weighted by atomic mass is 9.75. The first kappa shape index (κ1) is 12.6. The normalized spacial score (nSPS) is 21.7. The van der Waals surface area contributed by atoms with E-state index in [1.165, 1.54) is 16.9 Å². The Morgan fingerprint density at radius 1 is 1.32 bits per heavy atom. The van der Waals surface area contributed by atoms with Gasteiger partial charge in [-0.3, -0.25) is 4.79 Å². The van der Waals surface area contributed by atoms with E-state index >= 15 is 0 Å². The highest BCUT2D eigenvalue weighted by Gasteiger charge is 2.33. The number of carbonyl (C=O) groups excluding carboxylic acids is 1. The van der Waals surface area contributed by atoms with Crippen LogP contribution in [0.4, 0.5) is 0 Å². The number of amides is 1. The van der Waals surface area contributed by atoms with Gasteiger partial charge in [-0.05, 0) is 30.5 Å². The van der Waals surface area contributed by atoms with Crippen molar-refractivity contribution in [1.82, 2.24) is 10.3 Å². The molecule has 1 aromatic heterocycles. The number of benzene rings is 1. The zero-order valence-electron chi connectivity index (χ0n) is 10.2. The van der Waals surface area contributed by atoms with Crippen LogP contribution in [-0.2, 0) is 0 Å². The van der Waals surface area contributed by atoms with Crippen molar-refractivity contribution in [2.75, 3.05) is 0 Å². The largest absolute Gasteiger partial charge is 0.347 e. The van der Waals surface area contributed by atoms with Crippen LogP contribution in [-0.4, -0.2) is 16.9 Å². The van der Waals surface area contributed by atoms with Crippen molar-refractivity contribution in [3.63, 3.8) is 0 Å². The molecule has 98 valence electrons. The minimum absolute atomic E-state index is 0.0788. The maximum atomic E-state index is 12.0. The average Bonchev–Trinajstić information content (AvgIpc) is 2.91. The summed E-state index contributed by atoms with van der Waals surface area (Å²) >= 11 is 7.32. The molecule has 0 radical (unpaired) electrons. The molecule has 1 amide bonds. The summed E-state index contributed by atoms with van der Waals surface area (Å²) in [7, 11) is 0. The predicted molar refractivity (Wildman–Crippen MR) is 76.8 cm³/mol. The van der Waals surface area contributed by atoms with Crippen LogP contribution in [0.15, 0.2) is 35.2 Å². The molecule has 1 saturated carbocycles. The molecule has 1 aliphatic rings. The van der Waals surface area contributed by atoms with Gasteiger partial charge in [0.15, 0.2) is 0 Å². The van der Waals surface area contributed by atoms with Crippen LogP contribution in [0.3, 0.4) is 0 Å². The van der Waals surface area contributed by atoms with Gasteiger partial charge in [0.2, 0.25) is 0 Å². The van der Waals surface area contributed by atoms with Crippen LogP contribution in [0.1, 0.15) is 34.8 Å². The minimum atomic E-state index is -0.0788. The van der Waals surface area contributed by atoms with Crippen molar-refractivity contribution < 1.29 is 4.79 Å². The maximum Gasteiger partial charge on any atom is 0.270 e. The molecular weight excluding hydrogens is 280 g/mol. The standard InChI is InChI=1S/C14H13ClN2OS/c15-10-3-1-9(2-4-10)11-5-6-12(11)17-14(18)13-7-19-8-16-13/h1-4,7-8,11-12H,5-6H2,(H,17,18)/t11-,12-/m0/s1. The zero-order chi connectivity index (χ0) is 13.2. The van der Waals surface area contributed by atoms with Gasteiger partial charge in [0.05, 0.1) is 5.51 Å². The molecule has 1 aromatic carbocycles. The first-order valence-corrected chi connectivity index (χ1v) is 7.50. The van der Waals surface area contributed by atoms with Crippen LogP contribution >= 0.6 is 22.9 Å². The van der Waals surface area contributed by atoms with Crippen molar-refractivity contribution in [2.45, 2.75) is 24.8 Å². The summed E-state index contributed by atoms with van der Waals surface area (Å²) in [5.74, 6) is 0.310. The SMILES string of the molecule is O=C(N[C@H]1CC[C@H]1c1ccc(Cl)cc1)c1cscn1. The summed E-state index contributed by atoms with van der Waals surface area (Å²) in [5, 5.41) is 5.57. The molecule has 2 atom stereocenters. The Kier molecular flexibility index (Phi) is 3.53. The third-order valence-corrected chi connectivity index (χ3v) is 4.39. The zero-order valence-corrected chi connectivity index (χ0v) is 11.7. The highest BCUT2D eigenvalue weighted by molar-refractivity contribution is 7.07. The first-order valence-electron chi connectivity index (χ1n) is 6.18. The van der Waals surface area contributed by atoms with Crippen LogP contribution in [0, 0.1) is 0 Å². The Morgan fingerprint density at radius 3 is 2.68 bits per heavy atom. The molecule has 3 rings (SSSR count). The topological polar surface area (TPSA) is 42.0 Å². The van der Waals surface area contributed by atoms with Crippen LogP contribution < -0.4 is 5.32 Å². The Bertz CT molecular complexity index is 568. The second-order valence-corrected chi connectivity index (χ2v) is 5.84. The van der Waals surface area contributed by atoms with Gasteiger partial charge in [0, 0.05) is 22.4 Å². The highest BCUT2D eigenvalue weighted by atomic mass is 35.5. The molecule has 2 aromatic rings. The first-order chi connectivity index (χ1) is 9.24. The highest BCUT2D eigenvalue weighted by Crippen LogP contribution is 2.37. The summed E-state index contributed by atoms with van der Waals surface area (Å²) in [5.41, 5.74) is 3.41. The van der Waals surface area contributed by atoms with Gasteiger partial charge in [-0.1, -0.05) is 23.7 Å². The summed E-state index contributed by atoms with van der Waals surface area (Å²) in [4.78, 5) is 16.0. The van der Waals surface area contributed by atoms with E-state index in [0.717, 1.165) is 17.9 Å². The van der Waals surface area contributed by atoms with Gasteiger partial charge in [-0.2, -0.15) is 0 Å². The second kappa shape index (κ2) is 5.31. The Balaban J connectivity index is 1.66. The van der Waals surface area contributed by atoms with Crippen LogP contribution in [0.25, 0.3) is 0 Å². The van der Waals surface area contributed by atoms with E-state index in [9.17, 15) is 4.79 Å². The van der Waals surface area contributed by atoms with Crippen LogP contribution in [0.5, 0.6) is 0 Å². The Morgan fingerprint density at radius 2 is 2.11 bits per heavy atom. The molecule has 3 nitrogen and oxygen atoms in total. The molecule has 0 aliphatic heterocycles. The van der Waals surface area contributed by atoms with Crippen molar-refractivity contribution in [1.29, 1.82) is 0 Å². The third-order valence-electron chi connectivity index (χ3n) is 3.55. The number of carbonyl (C=O) groups is 1. The molecule has 0 unspecified atom stereocenters. The molecule has 0 spiro atoms. The number of rotatable bonds is 3. The molecule has 1 N–H and O–H groups in total. The Hall–Kier alpha value is -1.39. The van der Waals surface area contributed by atoms with E-state index in [2.05, 4.69) is 10.3 Å². The quantitative estimate of drug-likeness (QED) is 0.941. The number of hydrogen-bond donors (Lipinski definition) is 1. The van der Waals surface area contributed by atoms with Crippen LogP contribution in [0.2, 0.25) is 5.02 Å². The number of nitrogens with one attached hydrogen (secondary N) is 1. The van der Waals surface area contributed by atoms with Crippen molar-refractivity contribution in [2.24, 2.45) is 0 Å². The van der Waals surface area contributed by atoms with Crippen molar-refractivity contribution >= 4 is 28.8 Å².